The fourth-order valence-electron chi connectivity index (χ4n) is 4.41. The second kappa shape index (κ2) is 11.1. The average molecular weight is 537 g/mol. The SMILES string of the molecule is CC(C)C(=N)c1c(-c2ccc(N3CCC(C#N)CC3)nc2)cc(C(=O)O)nc1Nc1cccc(C(F)(F)F)c1. The zero-order chi connectivity index (χ0) is 28.3. The van der Waals surface area contributed by atoms with Crippen LogP contribution in [0.2, 0.25) is 0 Å². The minimum absolute atomic E-state index is 0.0270. The number of carboxylic acid groups (broad SMARTS) is 1. The Morgan fingerprint density at radius 1 is 1.21 bits per heavy atom. The highest BCUT2D eigenvalue weighted by Gasteiger charge is 2.31. The second-order valence-electron chi connectivity index (χ2n) is 9.65. The normalized spacial score (nSPS) is 14.2. The van der Waals surface area contributed by atoms with Crippen molar-refractivity contribution in [3.05, 3.63) is 65.5 Å². The maximum Gasteiger partial charge on any atom is 0.416 e. The van der Waals surface area contributed by atoms with Gasteiger partial charge in [0.05, 0.1) is 11.6 Å². The van der Waals surface area contributed by atoms with Crippen molar-refractivity contribution in [1.82, 2.24) is 9.97 Å². The molecule has 0 bridgehead atoms. The summed E-state index contributed by atoms with van der Waals surface area (Å²) in [4.78, 5) is 22.8. The number of hydrogen-bond donors (Lipinski definition) is 3. The summed E-state index contributed by atoms with van der Waals surface area (Å²) in [7, 11) is 0. The first-order valence-corrected chi connectivity index (χ1v) is 12.4. The molecule has 202 valence electrons. The standard InChI is InChI=1S/C28H27F3N6O2/c1-16(2)25(33)24-21(18-6-7-23(34-15-18)37-10-8-17(14-32)9-11-37)13-22(27(38)39)36-26(24)35-20-5-3-4-19(12-20)28(29,30)31/h3-7,12-13,15-17,33H,8-11H2,1-2H3,(H,35,36)(H,38,39). The molecule has 0 unspecified atom stereocenters. The third kappa shape index (κ3) is 6.17. The third-order valence-corrected chi connectivity index (χ3v) is 6.60. The fraction of sp³-hybridized carbons (Fsp3) is 0.321. The van der Waals surface area contributed by atoms with Crippen LogP contribution in [0.3, 0.4) is 0 Å². The summed E-state index contributed by atoms with van der Waals surface area (Å²) in [6, 6.07) is 11.7. The van der Waals surface area contributed by atoms with Crippen molar-refractivity contribution in [2.45, 2.75) is 32.9 Å². The number of carboxylic acids is 1. The highest BCUT2D eigenvalue weighted by molar-refractivity contribution is 6.10. The Kier molecular flexibility index (Phi) is 7.85. The van der Waals surface area contributed by atoms with E-state index in [1.807, 2.05) is 0 Å². The molecule has 0 aliphatic carbocycles. The molecular weight excluding hydrogens is 509 g/mol. The van der Waals surface area contributed by atoms with Crippen molar-refractivity contribution in [1.29, 1.82) is 10.7 Å². The van der Waals surface area contributed by atoms with Gasteiger partial charge < -0.3 is 20.7 Å². The highest BCUT2D eigenvalue weighted by atomic mass is 19.4. The molecule has 3 N–H and O–H groups in total. The number of alkyl halides is 3. The van der Waals surface area contributed by atoms with Gasteiger partial charge in [-0.15, -0.1) is 0 Å². The Morgan fingerprint density at radius 3 is 2.49 bits per heavy atom. The van der Waals surface area contributed by atoms with Gasteiger partial charge in [0.1, 0.15) is 11.6 Å². The zero-order valence-electron chi connectivity index (χ0n) is 21.4. The van der Waals surface area contributed by atoms with Crippen LogP contribution >= 0.6 is 0 Å². The fourth-order valence-corrected chi connectivity index (χ4v) is 4.41. The van der Waals surface area contributed by atoms with Gasteiger partial charge in [-0.2, -0.15) is 18.4 Å². The number of nitrogens with one attached hydrogen (secondary N) is 2. The second-order valence-corrected chi connectivity index (χ2v) is 9.65. The molecule has 1 saturated heterocycles. The lowest BCUT2D eigenvalue weighted by Crippen LogP contribution is -2.33. The van der Waals surface area contributed by atoms with Crippen LogP contribution in [0.25, 0.3) is 11.1 Å². The molecule has 4 rings (SSSR count). The molecule has 1 aliphatic heterocycles. The Hall–Kier alpha value is -4.46. The van der Waals surface area contributed by atoms with Crippen molar-refractivity contribution in [3.63, 3.8) is 0 Å². The van der Waals surface area contributed by atoms with Crippen molar-refractivity contribution in [2.24, 2.45) is 11.8 Å². The molecule has 8 nitrogen and oxygen atoms in total. The van der Waals surface area contributed by atoms with E-state index in [9.17, 15) is 23.1 Å². The van der Waals surface area contributed by atoms with Gasteiger partial charge in [-0.25, -0.2) is 14.8 Å². The number of pyridine rings is 2. The molecule has 39 heavy (non-hydrogen) atoms. The van der Waals surface area contributed by atoms with Crippen molar-refractivity contribution in [3.8, 4) is 17.2 Å². The van der Waals surface area contributed by atoms with Gasteiger partial charge in [0.15, 0.2) is 5.69 Å². The topological polar surface area (TPSA) is 126 Å². The van der Waals surface area contributed by atoms with Crippen LogP contribution in [0.15, 0.2) is 48.7 Å². The number of piperidine rings is 1. The highest BCUT2D eigenvalue weighted by Crippen LogP contribution is 2.35. The molecule has 3 aromatic rings. The number of rotatable bonds is 7. The molecule has 1 fully saturated rings. The number of aromatic nitrogens is 2. The minimum atomic E-state index is -4.57. The average Bonchev–Trinajstić information content (AvgIpc) is 2.92. The molecule has 0 radical (unpaired) electrons. The van der Waals surface area contributed by atoms with Gasteiger partial charge in [-0.05, 0) is 60.7 Å². The van der Waals surface area contributed by atoms with Gasteiger partial charge in [0, 0.05) is 47.7 Å². The molecule has 1 aliphatic rings. The van der Waals surface area contributed by atoms with E-state index in [1.54, 1.807) is 32.2 Å². The number of carbonyl (C=O) groups is 1. The van der Waals surface area contributed by atoms with Crippen LogP contribution in [0.4, 0.5) is 30.5 Å². The summed E-state index contributed by atoms with van der Waals surface area (Å²) >= 11 is 0. The third-order valence-electron chi connectivity index (χ3n) is 6.60. The van der Waals surface area contributed by atoms with Crippen LogP contribution < -0.4 is 10.2 Å². The Bertz CT molecular complexity index is 1420. The number of hydrogen-bond acceptors (Lipinski definition) is 7. The van der Waals surface area contributed by atoms with Gasteiger partial charge in [0.2, 0.25) is 0 Å². The van der Waals surface area contributed by atoms with E-state index in [-0.39, 0.29) is 40.3 Å². The lowest BCUT2D eigenvalue weighted by molar-refractivity contribution is -0.137. The summed E-state index contributed by atoms with van der Waals surface area (Å²) < 4.78 is 39.9. The summed E-state index contributed by atoms with van der Waals surface area (Å²) in [6.07, 6.45) is -1.50. The van der Waals surface area contributed by atoms with E-state index >= 15 is 0 Å². The van der Waals surface area contributed by atoms with Gasteiger partial charge >= 0.3 is 12.1 Å². The molecule has 0 atom stereocenters. The maximum absolute atomic E-state index is 13.3. The smallest absolute Gasteiger partial charge is 0.416 e. The van der Waals surface area contributed by atoms with E-state index < -0.39 is 17.7 Å². The van der Waals surface area contributed by atoms with Crippen molar-refractivity contribution < 1.29 is 23.1 Å². The van der Waals surface area contributed by atoms with Gasteiger partial charge in [-0.1, -0.05) is 19.9 Å². The molecule has 0 saturated carbocycles. The number of benzene rings is 1. The zero-order valence-corrected chi connectivity index (χ0v) is 21.4. The predicted molar refractivity (Wildman–Crippen MR) is 141 cm³/mol. The quantitative estimate of drug-likeness (QED) is 0.300. The van der Waals surface area contributed by atoms with E-state index in [1.165, 1.54) is 18.2 Å². The first-order chi connectivity index (χ1) is 18.5. The molecule has 11 heteroatoms. The van der Waals surface area contributed by atoms with Crippen LogP contribution in [-0.2, 0) is 6.18 Å². The Labute approximate surface area is 223 Å². The largest absolute Gasteiger partial charge is 0.477 e. The van der Waals surface area contributed by atoms with E-state index in [4.69, 9.17) is 10.7 Å². The molecule has 0 amide bonds. The molecule has 1 aromatic carbocycles. The van der Waals surface area contributed by atoms with Crippen molar-refractivity contribution >= 4 is 29.0 Å². The molecule has 0 spiro atoms. The van der Waals surface area contributed by atoms with Crippen LogP contribution in [0, 0.1) is 28.6 Å². The van der Waals surface area contributed by atoms with E-state index in [2.05, 4.69) is 26.3 Å². The lowest BCUT2D eigenvalue weighted by atomic mass is 9.92. The Morgan fingerprint density at radius 2 is 1.92 bits per heavy atom. The molecular formula is C28H27F3N6O2. The van der Waals surface area contributed by atoms with Crippen LogP contribution in [0.1, 0.15) is 48.3 Å². The van der Waals surface area contributed by atoms with Crippen LogP contribution in [0.5, 0.6) is 0 Å². The van der Waals surface area contributed by atoms with Crippen molar-refractivity contribution in [2.75, 3.05) is 23.3 Å². The summed E-state index contributed by atoms with van der Waals surface area (Å²) in [5, 5.41) is 30.5. The van der Waals surface area contributed by atoms with Crippen LogP contribution in [-0.4, -0.2) is 39.8 Å². The predicted octanol–water partition coefficient (Wildman–Crippen LogP) is 6.37. The number of anilines is 3. The summed E-state index contributed by atoms with van der Waals surface area (Å²) in [6.45, 7) is 4.96. The minimum Gasteiger partial charge on any atom is -0.477 e. The first kappa shape index (κ1) is 27.6. The molecule has 3 heterocycles. The number of nitriles is 1. The number of halogens is 3. The Balaban J connectivity index is 1.79. The lowest BCUT2D eigenvalue weighted by Gasteiger charge is -2.30. The van der Waals surface area contributed by atoms with Gasteiger partial charge in [-0.3, -0.25) is 0 Å². The molecule has 2 aromatic heterocycles. The van der Waals surface area contributed by atoms with Gasteiger partial charge in [0.25, 0.3) is 0 Å². The monoisotopic (exact) mass is 536 g/mol. The maximum atomic E-state index is 13.3. The first-order valence-electron chi connectivity index (χ1n) is 12.4. The van der Waals surface area contributed by atoms with E-state index in [0.29, 0.717) is 30.0 Å². The number of nitrogens with zero attached hydrogens (tertiary/aromatic N) is 4. The summed E-state index contributed by atoms with van der Waals surface area (Å²) in [5.41, 5.74) is 0.158. The summed E-state index contributed by atoms with van der Waals surface area (Å²) in [5.74, 6) is -0.914. The van der Waals surface area contributed by atoms with E-state index in [0.717, 1.165) is 25.0 Å². The number of aromatic carboxylic acids is 1.